The Hall–Kier alpha value is -5.22. The molecule has 0 spiro atoms. The van der Waals surface area contributed by atoms with Crippen LogP contribution in [0.15, 0.2) is 77.4 Å². The van der Waals surface area contributed by atoms with E-state index < -0.39 is 45.7 Å². The third-order valence-corrected chi connectivity index (χ3v) is 11.3. The van der Waals surface area contributed by atoms with E-state index in [1.165, 1.54) is 16.7 Å². The predicted molar refractivity (Wildman–Crippen MR) is 213 cm³/mol. The quantitative estimate of drug-likeness (QED) is 0.0614. The van der Waals surface area contributed by atoms with Crippen LogP contribution in [0.2, 0.25) is 0 Å². The lowest BCUT2D eigenvalue weighted by Crippen LogP contribution is -2.32. The lowest BCUT2D eigenvalue weighted by atomic mass is 9.83. The molecule has 2 fully saturated rings. The van der Waals surface area contributed by atoms with Crippen LogP contribution in [-0.4, -0.2) is 75.9 Å². The van der Waals surface area contributed by atoms with E-state index in [-0.39, 0.29) is 44.3 Å². The van der Waals surface area contributed by atoms with Crippen molar-refractivity contribution < 1.29 is 56.0 Å². The normalized spacial score (nSPS) is 17.9. The van der Waals surface area contributed by atoms with E-state index in [1.807, 2.05) is 24.8 Å². The van der Waals surface area contributed by atoms with Crippen molar-refractivity contribution in [2.75, 3.05) is 12.3 Å². The molecule has 4 amide bonds. The van der Waals surface area contributed by atoms with Crippen LogP contribution in [0.25, 0.3) is 6.08 Å². The largest absolute Gasteiger partial charge is 0.748 e. The van der Waals surface area contributed by atoms with Gasteiger partial charge in [-0.2, -0.15) is 0 Å². The van der Waals surface area contributed by atoms with Crippen LogP contribution in [0.5, 0.6) is 0 Å². The fourth-order valence-electron chi connectivity index (χ4n) is 7.30. The molecule has 16 heteroatoms. The number of hydroxylamine groups is 4. The number of pyridine rings is 1. The summed E-state index contributed by atoms with van der Waals surface area (Å²) in [7, 11) is -4.24. The summed E-state index contributed by atoms with van der Waals surface area (Å²) in [5.74, 6) is -3.45. The monoisotopic (exact) mass is 834 g/mol. The standard InChI is InChI=1S/C43H54N4O11S/c48-38-16-17-39(49)46(38)57-42(52)14-5-1-7-24-44-26-20-33(21-27-44)31-35-11-10-12-36(37(35)13-4-3-9-30-59(54,55)56)32-34-22-28-45(29-23-34)25-8-2-6-15-43(53)58-47-40(50)18-19-41(47)51/h20-23,26-29,31-32H,1-19,24-25,30H2. The van der Waals surface area contributed by atoms with Gasteiger partial charge in [-0.05, 0) is 104 Å². The van der Waals surface area contributed by atoms with Gasteiger partial charge in [-0.25, -0.2) is 22.6 Å². The SMILES string of the molecule is O=C(CCCCCN1C=CC(=CC2=C(CCCCCS(=O)(=O)[O-])/C(=C/c3cc[n+](CCCCCC(=O)ON4C(=O)CCC4=O)cc3)CCC2)C=C1)ON1C(=O)CCC1=O. The van der Waals surface area contributed by atoms with E-state index in [0.717, 1.165) is 82.0 Å². The minimum atomic E-state index is -4.24. The first-order chi connectivity index (χ1) is 28.3. The summed E-state index contributed by atoms with van der Waals surface area (Å²) in [6.45, 7) is 1.53. The second kappa shape index (κ2) is 22.2. The molecule has 1 aromatic heterocycles. The summed E-state index contributed by atoms with van der Waals surface area (Å²) in [5, 5.41) is 1.16. The maximum atomic E-state index is 12.1. The number of rotatable bonds is 22. The Morgan fingerprint density at radius 3 is 1.83 bits per heavy atom. The molecule has 5 rings (SSSR count). The van der Waals surface area contributed by atoms with Gasteiger partial charge in [-0.3, -0.25) is 19.2 Å². The van der Waals surface area contributed by atoms with Gasteiger partial charge in [0.2, 0.25) is 0 Å². The second-order valence-electron chi connectivity index (χ2n) is 15.2. The summed E-state index contributed by atoms with van der Waals surface area (Å²) in [6, 6.07) is 4.15. The third kappa shape index (κ3) is 14.8. The second-order valence-corrected chi connectivity index (χ2v) is 16.7. The minimum absolute atomic E-state index is 0.0690. The van der Waals surface area contributed by atoms with Crippen LogP contribution in [-0.2, 0) is 55.1 Å². The topological polar surface area (TPSA) is 192 Å². The molecule has 0 atom stereocenters. The summed E-state index contributed by atoms with van der Waals surface area (Å²) >= 11 is 0. The van der Waals surface area contributed by atoms with Gasteiger partial charge >= 0.3 is 11.9 Å². The van der Waals surface area contributed by atoms with E-state index in [2.05, 4.69) is 45.9 Å². The number of hydrogen-bond acceptors (Lipinski definition) is 12. The van der Waals surface area contributed by atoms with E-state index in [9.17, 15) is 41.7 Å². The molecule has 4 aliphatic rings. The van der Waals surface area contributed by atoms with Crippen molar-refractivity contribution in [2.24, 2.45) is 0 Å². The van der Waals surface area contributed by atoms with Crippen molar-refractivity contribution in [3.05, 3.63) is 83.0 Å². The number of aromatic nitrogens is 1. The molecule has 318 valence electrons. The van der Waals surface area contributed by atoms with Gasteiger partial charge in [-0.15, -0.1) is 10.1 Å². The molecule has 2 saturated heterocycles. The number of nitrogens with zero attached hydrogens (tertiary/aromatic N) is 4. The summed E-state index contributed by atoms with van der Waals surface area (Å²) < 4.78 is 35.6. The molecule has 1 aliphatic carbocycles. The number of hydrogen-bond donors (Lipinski definition) is 0. The molecule has 0 unspecified atom stereocenters. The van der Waals surface area contributed by atoms with Crippen LogP contribution in [0.3, 0.4) is 0 Å². The van der Waals surface area contributed by atoms with Gasteiger partial charge < -0.3 is 19.1 Å². The Balaban J connectivity index is 1.12. The molecule has 0 radical (unpaired) electrons. The van der Waals surface area contributed by atoms with Crippen LogP contribution >= 0.6 is 0 Å². The number of allylic oxidation sites excluding steroid dienone is 7. The number of carbonyl (C=O) groups is 6. The highest BCUT2D eigenvalue weighted by Crippen LogP contribution is 2.36. The Bertz CT molecular complexity index is 1950. The summed E-state index contributed by atoms with van der Waals surface area (Å²) in [6.07, 6.45) is 27.0. The van der Waals surface area contributed by atoms with Gasteiger partial charge in [-0.1, -0.05) is 25.0 Å². The number of carbonyl (C=O) groups excluding carboxylic acids is 6. The molecule has 4 heterocycles. The Labute approximate surface area is 345 Å². The van der Waals surface area contributed by atoms with Gasteiger partial charge in [0.1, 0.15) is 6.54 Å². The Kier molecular flexibility index (Phi) is 16.9. The first kappa shape index (κ1) is 44.9. The summed E-state index contributed by atoms with van der Waals surface area (Å²) in [4.78, 5) is 82.7. The molecule has 0 N–H and O–H groups in total. The smallest absolute Gasteiger partial charge is 0.333 e. The fraction of sp³-hybridized carbons (Fsp3) is 0.512. The molecular formula is C43H54N4O11S. The average molecular weight is 835 g/mol. The van der Waals surface area contributed by atoms with Gasteiger partial charge in [0.15, 0.2) is 12.4 Å². The van der Waals surface area contributed by atoms with E-state index >= 15 is 0 Å². The molecule has 1 aromatic rings. The molecule has 3 aliphatic heterocycles. The maximum Gasteiger partial charge on any atom is 0.333 e. The molecule has 59 heavy (non-hydrogen) atoms. The van der Waals surface area contributed by atoms with Crippen molar-refractivity contribution in [3.63, 3.8) is 0 Å². The Morgan fingerprint density at radius 1 is 0.695 bits per heavy atom. The number of unbranched alkanes of at least 4 members (excludes halogenated alkanes) is 6. The van der Waals surface area contributed by atoms with Crippen LogP contribution in [0, 0.1) is 0 Å². The zero-order valence-corrected chi connectivity index (χ0v) is 34.3. The number of amides is 4. The van der Waals surface area contributed by atoms with Crippen molar-refractivity contribution >= 4 is 51.8 Å². The van der Waals surface area contributed by atoms with Crippen molar-refractivity contribution in [3.8, 4) is 0 Å². The number of aryl methyl sites for hydroxylation is 1. The van der Waals surface area contributed by atoms with Crippen molar-refractivity contribution in [1.29, 1.82) is 0 Å². The van der Waals surface area contributed by atoms with Crippen LogP contribution in [0.4, 0.5) is 0 Å². The Morgan fingerprint density at radius 2 is 1.25 bits per heavy atom. The predicted octanol–water partition coefficient (Wildman–Crippen LogP) is 5.55. The van der Waals surface area contributed by atoms with Gasteiger partial charge in [0.25, 0.3) is 23.6 Å². The average Bonchev–Trinajstić information content (AvgIpc) is 3.69. The third-order valence-electron chi connectivity index (χ3n) is 10.5. The minimum Gasteiger partial charge on any atom is -0.748 e. The highest BCUT2D eigenvalue weighted by molar-refractivity contribution is 7.85. The van der Waals surface area contributed by atoms with Crippen LogP contribution < -0.4 is 4.57 Å². The lowest BCUT2D eigenvalue weighted by Gasteiger charge is -2.24. The van der Waals surface area contributed by atoms with E-state index in [4.69, 9.17) is 9.68 Å². The maximum absolute atomic E-state index is 12.1. The van der Waals surface area contributed by atoms with E-state index in [0.29, 0.717) is 35.8 Å². The number of imide groups is 2. The zero-order valence-electron chi connectivity index (χ0n) is 33.5. The zero-order chi connectivity index (χ0) is 42.2. The van der Waals surface area contributed by atoms with Gasteiger partial charge in [0, 0.05) is 81.8 Å². The van der Waals surface area contributed by atoms with Gasteiger partial charge in [0.05, 0.1) is 10.1 Å². The first-order valence-corrected chi connectivity index (χ1v) is 22.2. The van der Waals surface area contributed by atoms with Crippen molar-refractivity contribution in [2.45, 2.75) is 129 Å². The molecular weight excluding hydrogens is 781 g/mol. The van der Waals surface area contributed by atoms with Crippen molar-refractivity contribution in [1.82, 2.24) is 15.0 Å². The molecule has 0 aromatic carbocycles. The summed E-state index contributed by atoms with van der Waals surface area (Å²) in [5.41, 5.74) is 5.87. The molecule has 0 bridgehead atoms. The molecule has 0 saturated carbocycles. The first-order valence-electron chi connectivity index (χ1n) is 20.7. The highest BCUT2D eigenvalue weighted by Gasteiger charge is 2.33. The fourth-order valence-corrected chi connectivity index (χ4v) is 7.85. The molecule has 15 nitrogen and oxygen atoms in total. The van der Waals surface area contributed by atoms with Crippen LogP contribution in [0.1, 0.15) is 128 Å². The highest BCUT2D eigenvalue weighted by atomic mass is 32.2. The van der Waals surface area contributed by atoms with E-state index in [1.54, 1.807) is 0 Å². The lowest BCUT2D eigenvalue weighted by molar-refractivity contribution is -0.697.